The van der Waals surface area contributed by atoms with E-state index in [4.69, 9.17) is 25.8 Å². The Bertz CT molecular complexity index is 794. The van der Waals surface area contributed by atoms with E-state index in [-0.39, 0.29) is 0 Å². The molecule has 0 saturated carbocycles. The van der Waals surface area contributed by atoms with Crippen LogP contribution in [-0.4, -0.2) is 20.8 Å². The zero-order chi connectivity index (χ0) is 17.5. The lowest BCUT2D eigenvalue weighted by Crippen LogP contribution is -1.95. The van der Waals surface area contributed by atoms with Crippen molar-refractivity contribution in [1.29, 1.82) is 5.26 Å². The molecule has 0 saturated heterocycles. The Morgan fingerprint density at radius 3 is 2.42 bits per heavy atom. The Morgan fingerprint density at radius 1 is 1.08 bits per heavy atom. The molecular formula is C19H18ClNO3. The van der Waals surface area contributed by atoms with Crippen LogP contribution in [0.3, 0.4) is 0 Å². The highest BCUT2D eigenvalue weighted by Crippen LogP contribution is 2.32. The van der Waals surface area contributed by atoms with E-state index in [1.165, 1.54) is 0 Å². The largest absolute Gasteiger partial charge is 0.493 e. The number of hydrogen-bond acceptors (Lipinski definition) is 4. The molecule has 0 aromatic heterocycles. The van der Waals surface area contributed by atoms with Gasteiger partial charge in [-0.15, -0.1) is 0 Å². The molecule has 2 aromatic rings. The van der Waals surface area contributed by atoms with Crippen molar-refractivity contribution in [1.82, 2.24) is 0 Å². The highest BCUT2D eigenvalue weighted by molar-refractivity contribution is 6.30. The molecule has 4 nitrogen and oxygen atoms in total. The Hall–Kier alpha value is -2.64. The van der Waals surface area contributed by atoms with Crippen LogP contribution in [0.1, 0.15) is 18.1 Å². The smallest absolute Gasteiger partial charge is 0.161 e. The number of nitriles is 1. The molecule has 2 aromatic carbocycles. The third-order valence-corrected chi connectivity index (χ3v) is 3.62. The number of nitrogens with zero attached hydrogens (tertiary/aromatic N) is 1. The summed E-state index contributed by atoms with van der Waals surface area (Å²) in [4.78, 5) is 0. The first kappa shape index (κ1) is 17.7. The minimum Gasteiger partial charge on any atom is -0.493 e. The Labute approximate surface area is 146 Å². The van der Waals surface area contributed by atoms with Gasteiger partial charge in [-0.05, 0) is 55.0 Å². The molecule has 0 heterocycles. The van der Waals surface area contributed by atoms with E-state index in [1.54, 1.807) is 56.7 Å². The molecule has 0 unspecified atom stereocenters. The predicted molar refractivity (Wildman–Crippen MR) is 95.7 cm³/mol. The van der Waals surface area contributed by atoms with Crippen molar-refractivity contribution in [2.75, 3.05) is 20.8 Å². The summed E-state index contributed by atoms with van der Waals surface area (Å²) in [6, 6.07) is 12.9. The fraction of sp³-hybridized carbons (Fsp3) is 0.211. The van der Waals surface area contributed by atoms with Crippen LogP contribution in [0, 0.1) is 11.3 Å². The van der Waals surface area contributed by atoms with Gasteiger partial charge in [0, 0.05) is 10.6 Å². The van der Waals surface area contributed by atoms with Crippen molar-refractivity contribution in [3.05, 3.63) is 52.5 Å². The molecule has 0 spiro atoms. The minimum absolute atomic E-state index is 0.471. The Morgan fingerprint density at radius 2 is 1.79 bits per heavy atom. The van der Waals surface area contributed by atoms with Gasteiger partial charge in [0.15, 0.2) is 11.5 Å². The first-order valence-electron chi connectivity index (χ1n) is 7.39. The van der Waals surface area contributed by atoms with Crippen LogP contribution in [0.25, 0.3) is 11.6 Å². The van der Waals surface area contributed by atoms with Gasteiger partial charge in [0.25, 0.3) is 0 Å². The fourth-order valence-corrected chi connectivity index (χ4v) is 2.44. The second-order valence-electron chi connectivity index (χ2n) is 4.85. The first-order valence-corrected chi connectivity index (χ1v) is 7.77. The van der Waals surface area contributed by atoms with Crippen molar-refractivity contribution in [2.45, 2.75) is 6.92 Å². The lowest BCUT2D eigenvalue weighted by molar-refractivity contribution is 0.339. The summed E-state index contributed by atoms with van der Waals surface area (Å²) in [5, 5.41) is 10.1. The maximum Gasteiger partial charge on any atom is 0.161 e. The number of rotatable bonds is 6. The molecule has 24 heavy (non-hydrogen) atoms. The number of allylic oxidation sites excluding steroid dienone is 1. The molecule has 0 bridgehead atoms. The Balaban J connectivity index is 2.51. The maximum absolute atomic E-state index is 9.56. The topological polar surface area (TPSA) is 51.5 Å². The molecule has 5 heteroatoms. The van der Waals surface area contributed by atoms with Crippen molar-refractivity contribution in [3.8, 4) is 23.3 Å². The SMILES string of the molecule is CCOc1ccc(Cl)cc1/C=C(\C#N)c1ccc(OC)c(OC)c1. The summed E-state index contributed by atoms with van der Waals surface area (Å²) in [5.74, 6) is 1.85. The second kappa shape index (κ2) is 8.28. The van der Waals surface area contributed by atoms with Gasteiger partial charge in [0.1, 0.15) is 5.75 Å². The van der Waals surface area contributed by atoms with Crippen LogP contribution in [-0.2, 0) is 0 Å². The van der Waals surface area contributed by atoms with Crippen LogP contribution in [0.2, 0.25) is 5.02 Å². The van der Waals surface area contributed by atoms with Gasteiger partial charge in [-0.1, -0.05) is 11.6 Å². The molecule has 0 fully saturated rings. The minimum atomic E-state index is 0.471. The third-order valence-electron chi connectivity index (χ3n) is 3.39. The quantitative estimate of drug-likeness (QED) is 0.557. The van der Waals surface area contributed by atoms with Gasteiger partial charge in [0.2, 0.25) is 0 Å². The first-order chi connectivity index (χ1) is 11.6. The van der Waals surface area contributed by atoms with Gasteiger partial charge < -0.3 is 14.2 Å². The standard InChI is InChI=1S/C19H18ClNO3/c1-4-24-17-8-6-16(20)10-14(17)9-15(12-21)13-5-7-18(22-2)19(11-13)23-3/h5-11H,4H2,1-3H3/b15-9+. The summed E-state index contributed by atoms with van der Waals surface area (Å²) in [7, 11) is 3.13. The number of methoxy groups -OCH3 is 2. The van der Waals surface area contributed by atoms with Crippen LogP contribution in [0.15, 0.2) is 36.4 Å². The third kappa shape index (κ3) is 4.01. The van der Waals surface area contributed by atoms with E-state index < -0.39 is 0 Å². The molecule has 0 amide bonds. The van der Waals surface area contributed by atoms with Crippen LogP contribution < -0.4 is 14.2 Å². The van der Waals surface area contributed by atoms with Gasteiger partial charge >= 0.3 is 0 Å². The molecule has 0 aliphatic carbocycles. The van der Waals surface area contributed by atoms with Gasteiger partial charge in [-0.25, -0.2) is 0 Å². The summed E-state index contributed by atoms with van der Waals surface area (Å²) < 4.78 is 16.1. The number of benzene rings is 2. The summed E-state index contributed by atoms with van der Waals surface area (Å²) in [6.07, 6.45) is 1.75. The zero-order valence-electron chi connectivity index (χ0n) is 13.8. The van der Waals surface area contributed by atoms with Crippen LogP contribution >= 0.6 is 11.6 Å². The van der Waals surface area contributed by atoms with E-state index in [9.17, 15) is 5.26 Å². The van der Waals surface area contributed by atoms with Crippen molar-refractivity contribution in [2.24, 2.45) is 0 Å². The molecule has 0 aliphatic heterocycles. The molecule has 0 atom stereocenters. The average molecular weight is 344 g/mol. The van der Waals surface area contributed by atoms with E-state index in [1.807, 2.05) is 6.92 Å². The average Bonchev–Trinajstić information content (AvgIpc) is 2.61. The lowest BCUT2D eigenvalue weighted by Gasteiger charge is -2.10. The van der Waals surface area contributed by atoms with E-state index in [0.717, 1.165) is 11.1 Å². The van der Waals surface area contributed by atoms with Crippen LogP contribution in [0.4, 0.5) is 0 Å². The Kier molecular flexibility index (Phi) is 6.11. The molecule has 0 N–H and O–H groups in total. The van der Waals surface area contributed by atoms with E-state index in [0.29, 0.717) is 34.5 Å². The van der Waals surface area contributed by atoms with Crippen molar-refractivity contribution >= 4 is 23.3 Å². The summed E-state index contributed by atoms with van der Waals surface area (Å²) >= 11 is 6.07. The highest BCUT2D eigenvalue weighted by atomic mass is 35.5. The fourth-order valence-electron chi connectivity index (χ4n) is 2.26. The van der Waals surface area contributed by atoms with Gasteiger partial charge in [-0.2, -0.15) is 5.26 Å². The zero-order valence-corrected chi connectivity index (χ0v) is 14.6. The summed E-state index contributed by atoms with van der Waals surface area (Å²) in [5.41, 5.74) is 1.94. The second-order valence-corrected chi connectivity index (χ2v) is 5.29. The normalized spacial score (nSPS) is 10.9. The number of hydrogen-bond donors (Lipinski definition) is 0. The molecule has 124 valence electrons. The van der Waals surface area contributed by atoms with Gasteiger partial charge in [0.05, 0.1) is 32.5 Å². The number of ether oxygens (including phenoxy) is 3. The van der Waals surface area contributed by atoms with Crippen molar-refractivity contribution < 1.29 is 14.2 Å². The lowest BCUT2D eigenvalue weighted by atomic mass is 10.0. The van der Waals surface area contributed by atoms with Crippen molar-refractivity contribution in [3.63, 3.8) is 0 Å². The highest BCUT2D eigenvalue weighted by Gasteiger charge is 2.10. The monoisotopic (exact) mass is 343 g/mol. The molecule has 2 rings (SSSR count). The van der Waals surface area contributed by atoms with Crippen LogP contribution in [0.5, 0.6) is 17.2 Å². The van der Waals surface area contributed by atoms with E-state index in [2.05, 4.69) is 6.07 Å². The van der Waals surface area contributed by atoms with E-state index >= 15 is 0 Å². The van der Waals surface area contributed by atoms with Gasteiger partial charge in [-0.3, -0.25) is 0 Å². The predicted octanol–water partition coefficient (Wildman–Crippen LogP) is 4.82. The molecular weight excluding hydrogens is 326 g/mol. The number of halogens is 1. The maximum atomic E-state index is 9.56. The molecule has 0 aliphatic rings. The summed E-state index contributed by atoms with van der Waals surface area (Å²) in [6.45, 7) is 2.43. The molecule has 0 radical (unpaired) electrons.